The van der Waals surface area contributed by atoms with E-state index in [1.165, 1.54) is 11.8 Å². The van der Waals surface area contributed by atoms with Crippen molar-refractivity contribution in [3.8, 4) is 0 Å². The number of hydrogen-bond acceptors (Lipinski definition) is 8. The van der Waals surface area contributed by atoms with Gasteiger partial charge in [-0.3, -0.25) is 9.59 Å². The number of anilines is 2. The van der Waals surface area contributed by atoms with Gasteiger partial charge in [-0.15, -0.1) is 0 Å². The number of ether oxygens (including phenoxy) is 1. The minimum Gasteiger partial charge on any atom is -0.462 e. The first-order chi connectivity index (χ1) is 18.4. The van der Waals surface area contributed by atoms with Gasteiger partial charge in [-0.25, -0.2) is 9.78 Å². The maximum absolute atomic E-state index is 12.8. The quantitative estimate of drug-likeness (QED) is 0.114. The molecule has 2 amide bonds. The van der Waals surface area contributed by atoms with Gasteiger partial charge >= 0.3 is 5.97 Å². The number of aromatic nitrogens is 2. The summed E-state index contributed by atoms with van der Waals surface area (Å²) in [7, 11) is 0. The molecule has 2 heterocycles. The van der Waals surface area contributed by atoms with Crippen molar-refractivity contribution in [2.24, 2.45) is 0 Å². The second-order valence-corrected chi connectivity index (χ2v) is 9.50. The van der Waals surface area contributed by atoms with Crippen LogP contribution in [0.15, 0.2) is 64.2 Å². The zero-order valence-corrected chi connectivity index (χ0v) is 22.2. The van der Waals surface area contributed by atoms with Crippen LogP contribution in [-0.2, 0) is 9.53 Å². The molecule has 0 radical (unpaired) electrons. The van der Waals surface area contributed by atoms with Gasteiger partial charge in [0.2, 0.25) is 11.6 Å². The fourth-order valence-corrected chi connectivity index (χ4v) is 4.45. The van der Waals surface area contributed by atoms with Crippen LogP contribution >= 0.6 is 11.8 Å². The molecular formula is C28H28N4O5S. The summed E-state index contributed by atoms with van der Waals surface area (Å²) in [5.41, 5.74) is 2.83. The predicted octanol–water partition coefficient (Wildman–Crippen LogP) is 5.78. The van der Waals surface area contributed by atoms with Gasteiger partial charge in [0.05, 0.1) is 17.6 Å². The Morgan fingerprint density at radius 1 is 0.947 bits per heavy atom. The summed E-state index contributed by atoms with van der Waals surface area (Å²) in [6, 6.07) is 15.5. The zero-order chi connectivity index (χ0) is 27.1. The largest absolute Gasteiger partial charge is 0.462 e. The minimum atomic E-state index is -0.398. The molecule has 9 nitrogen and oxygen atoms in total. The van der Waals surface area contributed by atoms with Crippen LogP contribution in [0.4, 0.5) is 11.5 Å². The Morgan fingerprint density at radius 2 is 1.68 bits per heavy atom. The van der Waals surface area contributed by atoms with Gasteiger partial charge in [-0.1, -0.05) is 30.0 Å². The Balaban J connectivity index is 1.35. The number of amides is 2. The van der Waals surface area contributed by atoms with E-state index in [2.05, 4.69) is 20.6 Å². The van der Waals surface area contributed by atoms with Gasteiger partial charge in [-0.2, -0.15) is 4.98 Å². The second-order valence-electron chi connectivity index (χ2n) is 8.44. The van der Waals surface area contributed by atoms with Crippen LogP contribution in [0.1, 0.15) is 51.8 Å². The van der Waals surface area contributed by atoms with Gasteiger partial charge in [0.15, 0.2) is 5.16 Å². The Bertz CT molecular complexity index is 1450. The molecule has 0 aliphatic rings. The number of thioether (sulfide) groups is 1. The number of carbonyl (C=O) groups excluding carboxylic acids is 3. The third-order valence-corrected chi connectivity index (χ3v) is 6.67. The average molecular weight is 533 g/mol. The summed E-state index contributed by atoms with van der Waals surface area (Å²) in [6.45, 7) is 5.80. The molecule has 0 aliphatic carbocycles. The number of nitrogens with zero attached hydrogens (tertiary/aromatic N) is 2. The molecule has 4 rings (SSSR count). The maximum atomic E-state index is 12.8. The minimum absolute atomic E-state index is 0.140. The van der Waals surface area contributed by atoms with Crippen LogP contribution in [0.25, 0.3) is 11.1 Å². The molecule has 0 aliphatic heterocycles. The third-order valence-electron chi connectivity index (χ3n) is 5.74. The second kappa shape index (κ2) is 12.4. The Morgan fingerprint density at radius 3 is 2.39 bits per heavy atom. The fourth-order valence-electron chi connectivity index (χ4n) is 3.68. The lowest BCUT2D eigenvalue weighted by molar-refractivity contribution is -0.116. The highest BCUT2D eigenvalue weighted by atomic mass is 32.2. The van der Waals surface area contributed by atoms with Crippen molar-refractivity contribution in [3.63, 3.8) is 0 Å². The van der Waals surface area contributed by atoms with E-state index in [1.54, 1.807) is 55.5 Å². The van der Waals surface area contributed by atoms with E-state index in [4.69, 9.17) is 9.15 Å². The van der Waals surface area contributed by atoms with Crippen molar-refractivity contribution in [2.45, 2.75) is 38.8 Å². The number of aryl methyl sites for hydroxylation is 2. The normalized spacial score (nSPS) is 10.8. The number of nitrogens with one attached hydrogen (secondary N) is 2. The number of benzene rings is 2. The number of hydrogen-bond donors (Lipinski definition) is 2. The van der Waals surface area contributed by atoms with Gasteiger partial charge in [-0.05, 0) is 63.6 Å². The van der Waals surface area contributed by atoms with Crippen LogP contribution in [0.5, 0.6) is 0 Å². The smallest absolute Gasteiger partial charge is 0.338 e. The molecule has 10 heteroatoms. The molecule has 0 atom stereocenters. The highest BCUT2D eigenvalue weighted by molar-refractivity contribution is 7.99. The van der Waals surface area contributed by atoms with Crippen molar-refractivity contribution >= 4 is 52.2 Å². The lowest BCUT2D eigenvalue weighted by Gasteiger charge is -2.08. The lowest BCUT2D eigenvalue weighted by atomic mass is 10.2. The molecule has 0 fully saturated rings. The van der Waals surface area contributed by atoms with Crippen LogP contribution in [-0.4, -0.2) is 40.1 Å². The summed E-state index contributed by atoms with van der Waals surface area (Å²) in [5.74, 6) is 0.880. The van der Waals surface area contributed by atoms with Crippen molar-refractivity contribution < 1.29 is 23.5 Å². The molecule has 4 aromatic rings. The van der Waals surface area contributed by atoms with Crippen molar-refractivity contribution in [1.29, 1.82) is 0 Å². The van der Waals surface area contributed by atoms with E-state index < -0.39 is 5.97 Å². The molecular weight excluding hydrogens is 504 g/mol. The molecule has 0 saturated heterocycles. The van der Waals surface area contributed by atoms with E-state index in [1.807, 2.05) is 19.9 Å². The standard InChI is InChI=1S/C28H28N4O5S/c1-4-36-27(35)20-12-14-21(15-13-20)29-22(33)11-8-16-38-28-31-24(23-17(2)18(3)37-26(23)32-28)30-25(34)19-9-6-5-7-10-19/h5-7,9-10,12-15H,4,8,11,16H2,1-3H3,(H,29,33)(H,30,31,32,34). The Kier molecular flexibility index (Phi) is 8.75. The third kappa shape index (κ3) is 6.57. The number of carbonyl (C=O) groups is 3. The summed E-state index contributed by atoms with van der Waals surface area (Å²) < 4.78 is 10.8. The number of fused-ring (bicyclic) bond motifs is 1. The number of rotatable bonds is 10. The van der Waals surface area contributed by atoms with Gasteiger partial charge in [0, 0.05) is 29.0 Å². The fraction of sp³-hybridized carbons (Fsp3) is 0.250. The zero-order valence-electron chi connectivity index (χ0n) is 21.4. The molecule has 0 bridgehead atoms. The molecule has 0 unspecified atom stereocenters. The van der Waals surface area contributed by atoms with Crippen molar-refractivity contribution in [1.82, 2.24) is 9.97 Å². The first-order valence-corrected chi connectivity index (χ1v) is 13.2. The Hall–Kier alpha value is -4.18. The topological polar surface area (TPSA) is 123 Å². The first kappa shape index (κ1) is 26.9. The summed E-state index contributed by atoms with van der Waals surface area (Å²) in [5, 5.41) is 6.84. The first-order valence-electron chi connectivity index (χ1n) is 12.2. The molecule has 196 valence electrons. The molecule has 2 aromatic carbocycles. The van der Waals surface area contributed by atoms with Crippen LogP contribution in [0.3, 0.4) is 0 Å². The van der Waals surface area contributed by atoms with E-state index in [-0.39, 0.29) is 11.8 Å². The summed E-state index contributed by atoms with van der Waals surface area (Å²) >= 11 is 1.38. The van der Waals surface area contributed by atoms with Crippen LogP contribution in [0, 0.1) is 13.8 Å². The molecule has 2 N–H and O–H groups in total. The SMILES string of the molecule is CCOC(=O)c1ccc(NC(=O)CCCSc2nc(NC(=O)c3ccccc3)c3c(C)c(C)oc3n2)cc1. The molecule has 2 aromatic heterocycles. The highest BCUT2D eigenvalue weighted by Gasteiger charge is 2.19. The van der Waals surface area contributed by atoms with E-state index >= 15 is 0 Å². The van der Waals surface area contributed by atoms with E-state index in [0.717, 1.165) is 5.56 Å². The number of furan rings is 1. The van der Waals surface area contributed by atoms with Gasteiger partial charge < -0.3 is 19.8 Å². The monoisotopic (exact) mass is 532 g/mol. The Labute approximate surface area is 224 Å². The summed E-state index contributed by atoms with van der Waals surface area (Å²) in [4.78, 5) is 46.0. The maximum Gasteiger partial charge on any atom is 0.338 e. The molecule has 0 spiro atoms. The predicted molar refractivity (Wildman–Crippen MR) is 147 cm³/mol. The van der Waals surface area contributed by atoms with Crippen LogP contribution in [0.2, 0.25) is 0 Å². The van der Waals surface area contributed by atoms with E-state index in [0.29, 0.717) is 69.8 Å². The van der Waals surface area contributed by atoms with E-state index in [9.17, 15) is 14.4 Å². The highest BCUT2D eigenvalue weighted by Crippen LogP contribution is 2.31. The van der Waals surface area contributed by atoms with Gasteiger partial charge in [0.1, 0.15) is 11.6 Å². The van der Waals surface area contributed by atoms with Gasteiger partial charge in [0.25, 0.3) is 5.91 Å². The molecule has 38 heavy (non-hydrogen) atoms. The van der Waals surface area contributed by atoms with Crippen molar-refractivity contribution in [2.75, 3.05) is 23.0 Å². The van der Waals surface area contributed by atoms with Crippen molar-refractivity contribution in [3.05, 3.63) is 77.0 Å². The number of esters is 1. The van der Waals surface area contributed by atoms with Crippen LogP contribution < -0.4 is 10.6 Å². The summed E-state index contributed by atoms with van der Waals surface area (Å²) in [6.07, 6.45) is 0.881. The lowest BCUT2D eigenvalue weighted by Crippen LogP contribution is -2.14. The molecule has 0 saturated carbocycles. The average Bonchev–Trinajstić information content (AvgIpc) is 3.20.